The van der Waals surface area contributed by atoms with Gasteiger partial charge in [0.1, 0.15) is 5.82 Å². The normalized spacial score (nSPS) is 12.0. The molecule has 1 amide bonds. The van der Waals surface area contributed by atoms with E-state index in [1.54, 1.807) is 12.1 Å². The third-order valence-electron chi connectivity index (χ3n) is 3.78. The molecular weight excluding hydrogens is 265 g/mol. The number of nitrogens with one attached hydrogen (secondary N) is 1. The molecule has 1 unspecified atom stereocenters. The van der Waals surface area contributed by atoms with Crippen LogP contribution in [0.2, 0.25) is 0 Å². The number of hydrogen-bond acceptors (Lipinski definition) is 1. The number of amides is 1. The molecule has 0 bridgehead atoms. The molecule has 0 aliphatic rings. The van der Waals surface area contributed by atoms with Crippen molar-refractivity contribution in [3.8, 4) is 0 Å². The van der Waals surface area contributed by atoms with E-state index in [-0.39, 0.29) is 17.6 Å². The van der Waals surface area contributed by atoms with Crippen LogP contribution in [-0.4, -0.2) is 12.5 Å². The Balaban J connectivity index is 1.97. The maximum absolute atomic E-state index is 12.9. The first kappa shape index (κ1) is 15.2. The van der Waals surface area contributed by atoms with Crippen molar-refractivity contribution >= 4 is 5.91 Å². The fourth-order valence-corrected chi connectivity index (χ4v) is 2.14. The quantitative estimate of drug-likeness (QED) is 0.904. The van der Waals surface area contributed by atoms with Crippen LogP contribution in [0.25, 0.3) is 0 Å². The van der Waals surface area contributed by atoms with Gasteiger partial charge < -0.3 is 5.32 Å². The van der Waals surface area contributed by atoms with Crippen LogP contribution >= 0.6 is 0 Å². The van der Waals surface area contributed by atoms with E-state index in [4.69, 9.17) is 0 Å². The molecule has 0 radical (unpaired) electrons. The molecule has 0 heterocycles. The summed E-state index contributed by atoms with van der Waals surface area (Å²) in [5.41, 5.74) is 3.96. The maximum Gasteiger partial charge on any atom is 0.251 e. The number of carbonyl (C=O) groups excluding carboxylic acids is 1. The van der Waals surface area contributed by atoms with Crippen LogP contribution < -0.4 is 5.32 Å². The lowest BCUT2D eigenvalue weighted by Crippen LogP contribution is -2.27. The molecule has 0 saturated heterocycles. The summed E-state index contributed by atoms with van der Waals surface area (Å²) in [5, 5.41) is 2.93. The van der Waals surface area contributed by atoms with E-state index in [1.165, 1.54) is 17.7 Å². The van der Waals surface area contributed by atoms with Gasteiger partial charge in [0.15, 0.2) is 0 Å². The van der Waals surface area contributed by atoms with Crippen molar-refractivity contribution in [2.75, 3.05) is 6.54 Å². The van der Waals surface area contributed by atoms with Gasteiger partial charge in [-0.1, -0.05) is 25.1 Å². The molecule has 0 aliphatic heterocycles. The lowest BCUT2D eigenvalue weighted by atomic mass is 10.0. The molecule has 2 nitrogen and oxygen atoms in total. The second-order valence-corrected chi connectivity index (χ2v) is 5.46. The summed E-state index contributed by atoms with van der Waals surface area (Å²) >= 11 is 0. The molecule has 0 fully saturated rings. The van der Waals surface area contributed by atoms with Crippen LogP contribution in [0.4, 0.5) is 4.39 Å². The highest BCUT2D eigenvalue weighted by atomic mass is 19.1. The summed E-state index contributed by atoms with van der Waals surface area (Å²) in [6, 6.07) is 12.1. The van der Waals surface area contributed by atoms with Gasteiger partial charge in [-0.15, -0.1) is 0 Å². The molecule has 21 heavy (non-hydrogen) atoms. The van der Waals surface area contributed by atoms with Gasteiger partial charge in [0.25, 0.3) is 5.91 Å². The average molecular weight is 285 g/mol. The van der Waals surface area contributed by atoms with Gasteiger partial charge in [-0.25, -0.2) is 4.39 Å². The number of benzene rings is 2. The van der Waals surface area contributed by atoms with Crippen molar-refractivity contribution in [3.05, 3.63) is 70.5 Å². The Bertz CT molecular complexity index is 634. The molecule has 0 saturated carbocycles. The minimum atomic E-state index is -0.245. The molecule has 1 atom stereocenters. The van der Waals surface area contributed by atoms with Crippen molar-refractivity contribution < 1.29 is 9.18 Å². The summed E-state index contributed by atoms with van der Waals surface area (Å²) in [5.74, 6) is -0.182. The third-order valence-corrected chi connectivity index (χ3v) is 3.78. The highest BCUT2D eigenvalue weighted by Gasteiger charge is 2.10. The SMILES string of the molecule is Cc1ccc(C(=O)NCC(C)c2ccc(F)cc2)cc1C. The average Bonchev–Trinajstić information content (AvgIpc) is 2.48. The lowest BCUT2D eigenvalue weighted by Gasteiger charge is -2.13. The Kier molecular flexibility index (Phi) is 4.73. The number of hydrogen-bond donors (Lipinski definition) is 1. The Morgan fingerprint density at radius 3 is 2.38 bits per heavy atom. The van der Waals surface area contributed by atoms with Crippen molar-refractivity contribution in [2.45, 2.75) is 26.7 Å². The largest absolute Gasteiger partial charge is 0.351 e. The Labute approximate surface area is 125 Å². The van der Waals surface area contributed by atoms with Gasteiger partial charge in [-0.3, -0.25) is 4.79 Å². The Morgan fingerprint density at radius 2 is 1.76 bits per heavy atom. The monoisotopic (exact) mass is 285 g/mol. The minimum absolute atomic E-state index is 0.0768. The first-order valence-electron chi connectivity index (χ1n) is 7.08. The molecule has 3 heteroatoms. The maximum atomic E-state index is 12.9. The number of halogens is 1. The zero-order valence-electron chi connectivity index (χ0n) is 12.6. The van der Waals surface area contributed by atoms with Crippen molar-refractivity contribution in [1.29, 1.82) is 0 Å². The first-order chi connectivity index (χ1) is 9.97. The molecular formula is C18H20FNO. The number of rotatable bonds is 4. The van der Waals surface area contributed by atoms with Crippen LogP contribution in [0.15, 0.2) is 42.5 Å². The van der Waals surface area contributed by atoms with Crippen LogP contribution in [0.1, 0.15) is 39.9 Å². The molecule has 0 aliphatic carbocycles. The fourth-order valence-electron chi connectivity index (χ4n) is 2.14. The van der Waals surface area contributed by atoms with Gasteiger partial charge >= 0.3 is 0 Å². The van der Waals surface area contributed by atoms with Crippen molar-refractivity contribution in [1.82, 2.24) is 5.32 Å². The summed E-state index contributed by atoms with van der Waals surface area (Å²) in [6.07, 6.45) is 0. The van der Waals surface area contributed by atoms with Gasteiger partial charge in [-0.2, -0.15) is 0 Å². The van der Waals surface area contributed by atoms with Crippen molar-refractivity contribution in [2.24, 2.45) is 0 Å². The molecule has 0 spiro atoms. The summed E-state index contributed by atoms with van der Waals surface area (Å²) in [7, 11) is 0. The lowest BCUT2D eigenvalue weighted by molar-refractivity contribution is 0.0951. The van der Waals surface area contributed by atoms with Gasteiger partial charge in [0, 0.05) is 12.1 Å². The predicted molar refractivity (Wildman–Crippen MR) is 83.1 cm³/mol. The molecule has 110 valence electrons. The zero-order chi connectivity index (χ0) is 15.4. The van der Waals surface area contributed by atoms with Gasteiger partial charge in [-0.05, 0) is 60.7 Å². The zero-order valence-corrected chi connectivity index (χ0v) is 12.6. The molecule has 0 aromatic heterocycles. The van der Waals surface area contributed by atoms with Crippen LogP contribution in [0.5, 0.6) is 0 Å². The molecule has 2 rings (SSSR count). The third kappa shape index (κ3) is 3.91. The fraction of sp³-hybridized carbons (Fsp3) is 0.278. The second-order valence-electron chi connectivity index (χ2n) is 5.46. The number of aryl methyl sites for hydroxylation is 2. The van der Waals surface area contributed by atoms with E-state index < -0.39 is 0 Å². The van der Waals surface area contributed by atoms with E-state index in [9.17, 15) is 9.18 Å². The standard InChI is InChI=1S/C18H20FNO/c1-12-4-5-16(10-13(12)2)18(21)20-11-14(3)15-6-8-17(19)9-7-15/h4-10,14H,11H2,1-3H3,(H,20,21). The Morgan fingerprint density at radius 1 is 1.10 bits per heavy atom. The van der Waals surface area contributed by atoms with E-state index in [1.807, 2.05) is 39.0 Å². The second kappa shape index (κ2) is 6.53. The molecule has 1 N–H and O–H groups in total. The molecule has 2 aromatic rings. The van der Waals surface area contributed by atoms with Crippen LogP contribution in [0.3, 0.4) is 0 Å². The predicted octanol–water partition coefficient (Wildman–Crippen LogP) is 3.98. The van der Waals surface area contributed by atoms with Crippen LogP contribution in [-0.2, 0) is 0 Å². The van der Waals surface area contributed by atoms with E-state index in [2.05, 4.69) is 5.32 Å². The van der Waals surface area contributed by atoms with Gasteiger partial charge in [0.2, 0.25) is 0 Å². The molecule has 2 aromatic carbocycles. The highest BCUT2D eigenvalue weighted by molar-refractivity contribution is 5.94. The summed E-state index contributed by atoms with van der Waals surface area (Å²) in [4.78, 5) is 12.1. The van der Waals surface area contributed by atoms with E-state index in [0.29, 0.717) is 12.1 Å². The van der Waals surface area contributed by atoms with E-state index >= 15 is 0 Å². The smallest absolute Gasteiger partial charge is 0.251 e. The first-order valence-corrected chi connectivity index (χ1v) is 7.08. The minimum Gasteiger partial charge on any atom is -0.351 e. The summed E-state index contributed by atoms with van der Waals surface area (Å²) < 4.78 is 12.9. The summed E-state index contributed by atoms with van der Waals surface area (Å²) in [6.45, 7) is 6.55. The highest BCUT2D eigenvalue weighted by Crippen LogP contribution is 2.15. The topological polar surface area (TPSA) is 29.1 Å². The number of carbonyl (C=O) groups is 1. The van der Waals surface area contributed by atoms with Crippen molar-refractivity contribution in [3.63, 3.8) is 0 Å². The van der Waals surface area contributed by atoms with Gasteiger partial charge in [0.05, 0.1) is 0 Å². The van der Waals surface area contributed by atoms with E-state index in [0.717, 1.165) is 11.1 Å². The van der Waals surface area contributed by atoms with Crippen LogP contribution in [0, 0.1) is 19.7 Å². The Hall–Kier alpha value is -2.16.